The molecule has 0 bridgehead atoms. The van der Waals surface area contributed by atoms with Crippen LogP contribution in [0.2, 0.25) is 0 Å². The zero-order valence-electron chi connectivity index (χ0n) is 8.20. The summed E-state index contributed by atoms with van der Waals surface area (Å²) in [5.74, 6) is -0.439. The maximum atomic E-state index is 11.5. The SMILES string of the molecule is CC(O)CNC(=O)c1cc(I)ccc1O. The van der Waals surface area contributed by atoms with Crippen LogP contribution in [-0.2, 0) is 0 Å². The predicted octanol–water partition coefficient (Wildman–Crippen LogP) is 1.11. The van der Waals surface area contributed by atoms with E-state index >= 15 is 0 Å². The number of phenols is 1. The van der Waals surface area contributed by atoms with Crippen LogP contribution in [0.15, 0.2) is 18.2 Å². The second-order valence-corrected chi connectivity index (χ2v) is 4.47. The van der Waals surface area contributed by atoms with E-state index in [2.05, 4.69) is 27.9 Å². The van der Waals surface area contributed by atoms with Crippen molar-refractivity contribution in [1.29, 1.82) is 0 Å². The molecule has 1 atom stereocenters. The quantitative estimate of drug-likeness (QED) is 0.731. The number of amides is 1. The van der Waals surface area contributed by atoms with Crippen LogP contribution in [0.3, 0.4) is 0 Å². The summed E-state index contributed by atoms with van der Waals surface area (Å²) in [6.45, 7) is 1.75. The number of nitrogens with one attached hydrogen (secondary N) is 1. The van der Waals surface area contributed by atoms with E-state index in [-0.39, 0.29) is 23.8 Å². The lowest BCUT2D eigenvalue weighted by atomic mass is 10.2. The van der Waals surface area contributed by atoms with Crippen molar-refractivity contribution in [2.45, 2.75) is 13.0 Å². The summed E-state index contributed by atoms with van der Waals surface area (Å²) >= 11 is 2.06. The van der Waals surface area contributed by atoms with E-state index in [1.807, 2.05) is 0 Å². The van der Waals surface area contributed by atoms with E-state index in [1.165, 1.54) is 6.07 Å². The first kappa shape index (κ1) is 12.3. The molecule has 5 heteroatoms. The minimum absolute atomic E-state index is 0.0569. The molecule has 1 amide bonds. The molecule has 0 heterocycles. The Balaban J connectivity index is 2.77. The van der Waals surface area contributed by atoms with Gasteiger partial charge in [-0.2, -0.15) is 0 Å². The molecule has 1 unspecified atom stereocenters. The summed E-state index contributed by atoms with van der Waals surface area (Å²) in [4.78, 5) is 11.5. The van der Waals surface area contributed by atoms with Crippen molar-refractivity contribution in [2.24, 2.45) is 0 Å². The standard InChI is InChI=1S/C10H12INO3/c1-6(13)5-12-10(15)8-4-7(11)2-3-9(8)14/h2-4,6,13-14H,5H2,1H3,(H,12,15). The minimum atomic E-state index is -0.598. The Morgan fingerprint density at radius 2 is 2.27 bits per heavy atom. The third kappa shape index (κ3) is 3.67. The Bertz CT molecular complexity index is 366. The van der Waals surface area contributed by atoms with E-state index in [4.69, 9.17) is 5.11 Å². The highest BCUT2D eigenvalue weighted by Gasteiger charge is 2.11. The fraction of sp³-hybridized carbons (Fsp3) is 0.300. The van der Waals surface area contributed by atoms with Gasteiger partial charge >= 0.3 is 0 Å². The van der Waals surface area contributed by atoms with Gasteiger partial charge in [-0.3, -0.25) is 4.79 Å². The second-order valence-electron chi connectivity index (χ2n) is 3.22. The van der Waals surface area contributed by atoms with Crippen LogP contribution in [0, 0.1) is 3.57 Å². The third-order valence-corrected chi connectivity index (χ3v) is 2.43. The molecule has 1 rings (SSSR count). The van der Waals surface area contributed by atoms with Crippen LogP contribution in [0.5, 0.6) is 5.75 Å². The van der Waals surface area contributed by atoms with Crippen molar-refractivity contribution in [1.82, 2.24) is 5.32 Å². The van der Waals surface area contributed by atoms with Gasteiger partial charge in [0.1, 0.15) is 5.75 Å². The van der Waals surface area contributed by atoms with Crippen molar-refractivity contribution < 1.29 is 15.0 Å². The molecule has 0 radical (unpaired) electrons. The number of phenolic OH excluding ortho intramolecular Hbond substituents is 1. The molecule has 0 aromatic heterocycles. The first-order valence-corrected chi connectivity index (χ1v) is 5.53. The van der Waals surface area contributed by atoms with Gasteiger partial charge in [-0.25, -0.2) is 0 Å². The molecule has 3 N–H and O–H groups in total. The summed E-state index contributed by atoms with van der Waals surface area (Å²) in [6, 6.07) is 4.77. The normalized spacial score (nSPS) is 12.2. The van der Waals surface area contributed by atoms with Gasteiger partial charge in [-0.1, -0.05) is 0 Å². The van der Waals surface area contributed by atoms with Gasteiger partial charge in [0.25, 0.3) is 5.91 Å². The highest BCUT2D eigenvalue weighted by Crippen LogP contribution is 2.19. The molecule has 0 aliphatic carbocycles. The van der Waals surface area contributed by atoms with Gasteiger partial charge in [0.15, 0.2) is 0 Å². The fourth-order valence-corrected chi connectivity index (χ4v) is 1.52. The summed E-state index contributed by atoms with van der Waals surface area (Å²) < 4.78 is 0.868. The van der Waals surface area contributed by atoms with E-state index in [0.717, 1.165) is 3.57 Å². The molecular weight excluding hydrogens is 309 g/mol. The summed E-state index contributed by atoms with van der Waals surface area (Å²) in [7, 11) is 0. The van der Waals surface area contributed by atoms with Crippen LogP contribution in [0.25, 0.3) is 0 Å². The number of rotatable bonds is 3. The monoisotopic (exact) mass is 321 g/mol. The van der Waals surface area contributed by atoms with E-state index < -0.39 is 6.10 Å². The Morgan fingerprint density at radius 1 is 1.60 bits per heavy atom. The van der Waals surface area contributed by atoms with Crippen LogP contribution < -0.4 is 5.32 Å². The maximum absolute atomic E-state index is 11.5. The molecule has 0 saturated carbocycles. The van der Waals surface area contributed by atoms with Gasteiger partial charge < -0.3 is 15.5 Å². The maximum Gasteiger partial charge on any atom is 0.255 e. The van der Waals surface area contributed by atoms with Gasteiger partial charge in [-0.05, 0) is 47.7 Å². The Hall–Kier alpha value is -0.820. The zero-order chi connectivity index (χ0) is 11.4. The van der Waals surface area contributed by atoms with Crippen LogP contribution in [0.1, 0.15) is 17.3 Å². The minimum Gasteiger partial charge on any atom is -0.507 e. The third-order valence-electron chi connectivity index (χ3n) is 1.76. The topological polar surface area (TPSA) is 69.6 Å². The van der Waals surface area contributed by atoms with Gasteiger partial charge in [0.05, 0.1) is 11.7 Å². The summed E-state index contributed by atoms with van der Waals surface area (Å²) in [5.41, 5.74) is 0.225. The molecule has 0 saturated heterocycles. The number of benzene rings is 1. The number of carbonyl (C=O) groups is 1. The van der Waals surface area contributed by atoms with Crippen LogP contribution >= 0.6 is 22.6 Å². The largest absolute Gasteiger partial charge is 0.507 e. The number of aliphatic hydroxyl groups excluding tert-OH is 1. The zero-order valence-corrected chi connectivity index (χ0v) is 10.4. The molecule has 0 spiro atoms. The average molecular weight is 321 g/mol. The van der Waals surface area contributed by atoms with Gasteiger partial charge in [-0.15, -0.1) is 0 Å². The predicted molar refractivity (Wildman–Crippen MR) is 64.8 cm³/mol. The van der Waals surface area contributed by atoms with Gasteiger partial charge in [0, 0.05) is 10.1 Å². The van der Waals surface area contributed by atoms with Crippen molar-refractivity contribution in [2.75, 3.05) is 6.54 Å². The lowest BCUT2D eigenvalue weighted by Gasteiger charge is -2.08. The van der Waals surface area contributed by atoms with Crippen molar-refractivity contribution >= 4 is 28.5 Å². The highest BCUT2D eigenvalue weighted by atomic mass is 127. The first-order chi connectivity index (χ1) is 7.00. The molecule has 0 aliphatic heterocycles. The number of hydrogen-bond acceptors (Lipinski definition) is 3. The first-order valence-electron chi connectivity index (χ1n) is 4.45. The number of aliphatic hydroxyl groups is 1. The van der Waals surface area contributed by atoms with Crippen LogP contribution in [0.4, 0.5) is 0 Å². The number of carbonyl (C=O) groups excluding carboxylic acids is 1. The van der Waals surface area contributed by atoms with Crippen molar-refractivity contribution in [3.05, 3.63) is 27.3 Å². The molecular formula is C10H12INO3. The molecule has 82 valence electrons. The van der Waals surface area contributed by atoms with Gasteiger partial charge in [0.2, 0.25) is 0 Å². The highest BCUT2D eigenvalue weighted by molar-refractivity contribution is 14.1. The van der Waals surface area contributed by atoms with Crippen LogP contribution in [-0.4, -0.2) is 28.8 Å². The molecule has 1 aromatic rings. The molecule has 1 aromatic carbocycles. The average Bonchev–Trinajstić information content (AvgIpc) is 2.18. The number of halogens is 1. The van der Waals surface area contributed by atoms with E-state index in [1.54, 1.807) is 19.1 Å². The lowest BCUT2D eigenvalue weighted by molar-refractivity contribution is 0.0921. The smallest absolute Gasteiger partial charge is 0.255 e. The second kappa shape index (κ2) is 5.32. The summed E-state index contributed by atoms with van der Waals surface area (Å²) in [5, 5.41) is 21.0. The fourth-order valence-electron chi connectivity index (χ4n) is 1.03. The van der Waals surface area contributed by atoms with E-state index in [9.17, 15) is 9.90 Å². The van der Waals surface area contributed by atoms with Crippen molar-refractivity contribution in [3.8, 4) is 5.75 Å². The summed E-state index contributed by atoms with van der Waals surface area (Å²) in [6.07, 6.45) is -0.598. The number of aromatic hydroxyl groups is 1. The Morgan fingerprint density at radius 3 is 2.87 bits per heavy atom. The Labute approximate surface area is 101 Å². The Kier molecular flexibility index (Phi) is 4.34. The van der Waals surface area contributed by atoms with E-state index in [0.29, 0.717) is 0 Å². The molecule has 0 aliphatic rings. The van der Waals surface area contributed by atoms with Crippen molar-refractivity contribution in [3.63, 3.8) is 0 Å². The molecule has 0 fully saturated rings. The molecule has 15 heavy (non-hydrogen) atoms. The lowest BCUT2D eigenvalue weighted by Crippen LogP contribution is -2.30. The molecule has 4 nitrogen and oxygen atoms in total. The number of hydrogen-bond donors (Lipinski definition) is 3.